The lowest BCUT2D eigenvalue weighted by atomic mass is 10.1. The monoisotopic (exact) mass is 343 g/mol. The predicted octanol–water partition coefficient (Wildman–Crippen LogP) is 3.99. The molecule has 2 rings (SSSR count). The van der Waals surface area contributed by atoms with Gasteiger partial charge in [0.15, 0.2) is 0 Å². The van der Waals surface area contributed by atoms with Crippen molar-refractivity contribution in [3.63, 3.8) is 0 Å². The van der Waals surface area contributed by atoms with Crippen molar-refractivity contribution in [3.05, 3.63) is 80.4 Å². The maximum atomic E-state index is 11.9. The minimum atomic E-state index is -0.461. The zero-order valence-electron chi connectivity index (χ0n) is 12.8. The van der Waals surface area contributed by atoms with Crippen LogP contribution in [-0.4, -0.2) is 17.0 Å². The van der Waals surface area contributed by atoms with E-state index in [2.05, 4.69) is 10.5 Å². The Kier molecular flexibility index (Phi) is 5.81. The minimum Gasteiger partial charge on any atom is -0.267 e. The summed E-state index contributed by atoms with van der Waals surface area (Å²) in [4.78, 5) is 22.1. The molecule has 1 N–H and O–H groups in total. The first-order valence-electron chi connectivity index (χ1n) is 6.98. The number of amides is 1. The molecule has 1 amide bonds. The first kappa shape index (κ1) is 17.4. The van der Waals surface area contributed by atoms with Crippen LogP contribution in [-0.2, 0) is 0 Å². The zero-order chi connectivity index (χ0) is 17.5. The molecule has 0 spiro atoms. The first-order chi connectivity index (χ1) is 11.5. The van der Waals surface area contributed by atoms with Crippen LogP contribution in [0.25, 0.3) is 6.08 Å². The third-order valence-electron chi connectivity index (χ3n) is 3.07. The third kappa shape index (κ3) is 4.76. The van der Waals surface area contributed by atoms with Gasteiger partial charge in [-0.25, -0.2) is 5.43 Å². The highest BCUT2D eigenvalue weighted by molar-refractivity contribution is 6.33. The number of carbonyl (C=O) groups is 1. The molecule has 0 saturated heterocycles. The Morgan fingerprint density at radius 3 is 2.79 bits per heavy atom. The average Bonchev–Trinajstić information content (AvgIpc) is 2.54. The molecule has 24 heavy (non-hydrogen) atoms. The Bertz CT molecular complexity index is 832. The molecule has 0 heterocycles. The van der Waals surface area contributed by atoms with Gasteiger partial charge in [-0.2, -0.15) is 5.10 Å². The smallest absolute Gasteiger partial charge is 0.267 e. The Morgan fingerprint density at radius 1 is 1.29 bits per heavy atom. The number of nitro benzene ring substituents is 1. The van der Waals surface area contributed by atoms with Crippen LogP contribution >= 0.6 is 11.6 Å². The lowest BCUT2D eigenvalue weighted by Gasteiger charge is -2.02. The summed E-state index contributed by atoms with van der Waals surface area (Å²) in [6, 6.07) is 11.3. The standard InChI is InChI=1S/C17H14ClN3O3/c1-12-7-8-15(16(18)10-12)17(22)20-19-9-3-5-13-4-2-6-14(11-13)21(23)24/h2-11H,1H3,(H,20,22). The molecule has 0 atom stereocenters. The highest BCUT2D eigenvalue weighted by Gasteiger charge is 2.08. The Morgan fingerprint density at radius 2 is 2.08 bits per heavy atom. The fourth-order valence-corrected chi connectivity index (χ4v) is 2.22. The van der Waals surface area contributed by atoms with Gasteiger partial charge in [-0.3, -0.25) is 14.9 Å². The van der Waals surface area contributed by atoms with Gasteiger partial charge in [-0.1, -0.05) is 35.9 Å². The summed E-state index contributed by atoms with van der Waals surface area (Å²) in [5.74, 6) is -0.417. The number of nitrogens with one attached hydrogen (secondary N) is 1. The number of hydrogen-bond donors (Lipinski definition) is 1. The molecule has 0 saturated carbocycles. The molecule has 0 aliphatic carbocycles. The highest BCUT2D eigenvalue weighted by Crippen LogP contribution is 2.17. The van der Waals surface area contributed by atoms with Crippen molar-refractivity contribution in [2.24, 2.45) is 5.10 Å². The van der Waals surface area contributed by atoms with Gasteiger partial charge in [0.2, 0.25) is 0 Å². The quantitative estimate of drug-likeness (QED) is 0.506. The van der Waals surface area contributed by atoms with Gasteiger partial charge < -0.3 is 0 Å². The lowest BCUT2D eigenvalue weighted by molar-refractivity contribution is -0.384. The molecule has 0 aliphatic rings. The summed E-state index contributed by atoms with van der Waals surface area (Å²) < 4.78 is 0. The number of nitrogens with zero attached hydrogens (tertiary/aromatic N) is 2. The van der Waals surface area contributed by atoms with E-state index in [1.54, 1.807) is 42.5 Å². The summed E-state index contributed by atoms with van der Waals surface area (Å²) >= 11 is 6.00. The first-order valence-corrected chi connectivity index (χ1v) is 7.36. The van der Waals surface area contributed by atoms with Crippen LogP contribution in [0, 0.1) is 17.0 Å². The molecule has 0 aliphatic heterocycles. The molecule has 6 nitrogen and oxygen atoms in total. The number of hydrogen-bond acceptors (Lipinski definition) is 4. The average molecular weight is 344 g/mol. The van der Waals surface area contributed by atoms with Gasteiger partial charge in [-0.05, 0) is 36.3 Å². The van der Waals surface area contributed by atoms with E-state index < -0.39 is 10.8 Å². The van der Waals surface area contributed by atoms with Gasteiger partial charge in [0, 0.05) is 18.3 Å². The molecule has 0 aromatic heterocycles. The number of nitro groups is 1. The molecule has 2 aromatic carbocycles. The normalized spacial score (nSPS) is 11.1. The van der Waals surface area contributed by atoms with Gasteiger partial charge >= 0.3 is 0 Å². The maximum absolute atomic E-state index is 11.9. The second kappa shape index (κ2) is 8.03. The van der Waals surface area contributed by atoms with Crippen molar-refractivity contribution in [2.45, 2.75) is 6.92 Å². The molecule has 0 radical (unpaired) electrons. The van der Waals surface area contributed by atoms with Gasteiger partial charge in [0.1, 0.15) is 0 Å². The molecule has 7 heteroatoms. The number of allylic oxidation sites excluding steroid dienone is 1. The number of benzene rings is 2. The topological polar surface area (TPSA) is 84.6 Å². The van der Waals surface area contributed by atoms with Crippen LogP contribution in [0.3, 0.4) is 0 Å². The van der Waals surface area contributed by atoms with Gasteiger partial charge in [0.05, 0.1) is 15.5 Å². The van der Waals surface area contributed by atoms with E-state index >= 15 is 0 Å². The summed E-state index contributed by atoms with van der Waals surface area (Å²) in [5, 5.41) is 14.8. The molecule has 0 fully saturated rings. The molecular weight excluding hydrogens is 330 g/mol. The van der Waals surface area contributed by atoms with Gasteiger partial charge in [-0.15, -0.1) is 0 Å². The number of carbonyl (C=O) groups excluding carboxylic acids is 1. The SMILES string of the molecule is Cc1ccc(C(=O)NN=CC=Cc2cccc([N+](=O)[O-])c2)c(Cl)c1. The van der Waals surface area contributed by atoms with E-state index in [0.29, 0.717) is 16.1 Å². The van der Waals surface area contributed by atoms with E-state index in [1.807, 2.05) is 6.92 Å². The fraction of sp³-hybridized carbons (Fsp3) is 0.0588. The minimum absolute atomic E-state index is 0.0106. The van der Waals surface area contributed by atoms with E-state index in [0.717, 1.165) is 5.56 Å². The van der Waals surface area contributed by atoms with Crippen LogP contribution in [0.5, 0.6) is 0 Å². The maximum Gasteiger partial charge on any atom is 0.272 e. The van der Waals surface area contributed by atoms with Crippen LogP contribution in [0.1, 0.15) is 21.5 Å². The van der Waals surface area contributed by atoms with E-state index in [9.17, 15) is 14.9 Å². The number of non-ortho nitro benzene ring substituents is 1. The largest absolute Gasteiger partial charge is 0.272 e. The fourth-order valence-electron chi connectivity index (χ4n) is 1.90. The predicted molar refractivity (Wildman–Crippen MR) is 94.3 cm³/mol. The van der Waals surface area contributed by atoms with E-state index in [1.165, 1.54) is 18.3 Å². The Hall–Kier alpha value is -2.99. The number of hydrazone groups is 1. The van der Waals surface area contributed by atoms with Crippen molar-refractivity contribution in [1.29, 1.82) is 0 Å². The summed E-state index contributed by atoms with van der Waals surface area (Å²) in [6.45, 7) is 1.88. The van der Waals surface area contributed by atoms with Crippen molar-refractivity contribution < 1.29 is 9.72 Å². The van der Waals surface area contributed by atoms with Crippen molar-refractivity contribution in [3.8, 4) is 0 Å². The van der Waals surface area contributed by atoms with Crippen LogP contribution in [0.15, 0.2) is 53.6 Å². The van der Waals surface area contributed by atoms with E-state index in [4.69, 9.17) is 11.6 Å². The second-order valence-corrected chi connectivity index (χ2v) is 5.32. The molecule has 2 aromatic rings. The number of halogens is 1. The van der Waals surface area contributed by atoms with Crippen molar-refractivity contribution in [2.75, 3.05) is 0 Å². The van der Waals surface area contributed by atoms with E-state index in [-0.39, 0.29) is 5.69 Å². The Balaban J connectivity index is 1.95. The number of aryl methyl sites for hydroxylation is 1. The van der Waals surface area contributed by atoms with Crippen molar-refractivity contribution in [1.82, 2.24) is 5.43 Å². The summed E-state index contributed by atoms with van der Waals surface area (Å²) in [7, 11) is 0. The lowest BCUT2D eigenvalue weighted by Crippen LogP contribution is -2.17. The summed E-state index contributed by atoms with van der Waals surface area (Å²) in [5.41, 5.74) is 4.32. The number of rotatable bonds is 5. The molecule has 122 valence electrons. The van der Waals surface area contributed by atoms with Crippen LogP contribution in [0.2, 0.25) is 5.02 Å². The van der Waals surface area contributed by atoms with Gasteiger partial charge in [0.25, 0.3) is 11.6 Å². The highest BCUT2D eigenvalue weighted by atomic mass is 35.5. The Labute approximate surface area is 143 Å². The van der Waals surface area contributed by atoms with Crippen LogP contribution < -0.4 is 5.43 Å². The van der Waals surface area contributed by atoms with Crippen LogP contribution in [0.4, 0.5) is 5.69 Å². The molecular formula is C17H14ClN3O3. The zero-order valence-corrected chi connectivity index (χ0v) is 13.5. The van der Waals surface area contributed by atoms with Crippen molar-refractivity contribution >= 4 is 35.5 Å². The third-order valence-corrected chi connectivity index (χ3v) is 3.38. The molecule has 0 unspecified atom stereocenters. The second-order valence-electron chi connectivity index (χ2n) is 4.91. The molecule has 0 bridgehead atoms. The summed E-state index contributed by atoms with van der Waals surface area (Å²) in [6.07, 6.45) is 4.58.